The van der Waals surface area contributed by atoms with Gasteiger partial charge in [0.1, 0.15) is 22.8 Å². The second-order valence-electron chi connectivity index (χ2n) is 9.28. The quantitative estimate of drug-likeness (QED) is 0.456. The number of carboxylic acids is 1. The van der Waals surface area contributed by atoms with Gasteiger partial charge in [0, 0.05) is 23.6 Å². The van der Waals surface area contributed by atoms with E-state index in [1.807, 2.05) is 39.0 Å². The summed E-state index contributed by atoms with van der Waals surface area (Å²) in [6.45, 7) is 8.80. The summed E-state index contributed by atoms with van der Waals surface area (Å²) in [7, 11) is 0. The molecule has 3 aromatic rings. The Hall–Kier alpha value is -3.81. The van der Waals surface area contributed by atoms with Crippen LogP contribution in [-0.4, -0.2) is 43.4 Å². The van der Waals surface area contributed by atoms with Crippen molar-refractivity contribution in [2.24, 2.45) is 0 Å². The highest BCUT2D eigenvalue weighted by Gasteiger charge is 2.34. The number of ether oxygens (including phenoxy) is 2. The van der Waals surface area contributed by atoms with Gasteiger partial charge in [-0.15, -0.1) is 0 Å². The third kappa shape index (κ3) is 5.31. The minimum atomic E-state index is -1.02. The normalized spacial score (nSPS) is 17.3. The highest BCUT2D eigenvalue weighted by atomic mass is 16.5. The summed E-state index contributed by atoms with van der Waals surface area (Å²) in [6, 6.07) is 5.64. The Bertz CT molecular complexity index is 1270. The molecule has 184 valence electrons. The van der Waals surface area contributed by atoms with Crippen molar-refractivity contribution in [2.45, 2.75) is 59.1 Å². The number of rotatable bonds is 8. The van der Waals surface area contributed by atoms with Crippen LogP contribution in [0.15, 0.2) is 36.7 Å². The van der Waals surface area contributed by atoms with E-state index < -0.39 is 11.6 Å². The third-order valence-corrected chi connectivity index (χ3v) is 6.76. The topological polar surface area (TPSA) is 107 Å². The van der Waals surface area contributed by atoms with Crippen molar-refractivity contribution in [2.75, 3.05) is 6.61 Å². The van der Waals surface area contributed by atoms with Gasteiger partial charge in [0.15, 0.2) is 0 Å². The average molecular weight is 478 g/mol. The van der Waals surface area contributed by atoms with E-state index in [9.17, 15) is 9.90 Å². The van der Waals surface area contributed by atoms with Crippen LogP contribution in [0.5, 0.6) is 17.2 Å². The van der Waals surface area contributed by atoms with Gasteiger partial charge < -0.3 is 19.7 Å². The predicted octanol–water partition coefficient (Wildman–Crippen LogP) is 4.61. The first kappa shape index (κ1) is 24.3. The molecule has 1 atom stereocenters. The zero-order valence-corrected chi connectivity index (χ0v) is 20.5. The second-order valence-corrected chi connectivity index (χ2v) is 9.28. The fraction of sp³-hybridized carbons (Fsp3) is 0.370. The Morgan fingerprint density at radius 1 is 1.20 bits per heavy atom. The molecule has 0 spiro atoms. The van der Waals surface area contributed by atoms with Crippen molar-refractivity contribution in [3.05, 3.63) is 70.0 Å². The lowest BCUT2D eigenvalue weighted by molar-refractivity contribution is -0.131. The summed E-state index contributed by atoms with van der Waals surface area (Å²) in [5.41, 5.74) is 4.99. The summed E-state index contributed by atoms with van der Waals surface area (Å²) in [6.07, 6.45) is 8.16. The number of aliphatic carboxylic acids is 1. The minimum absolute atomic E-state index is 0.351. The van der Waals surface area contributed by atoms with Gasteiger partial charge >= 0.3 is 5.97 Å². The largest absolute Gasteiger partial charge is 0.507 e. The van der Waals surface area contributed by atoms with Crippen molar-refractivity contribution in [3.63, 3.8) is 0 Å². The lowest BCUT2D eigenvalue weighted by atomic mass is 9.86. The molecule has 8 nitrogen and oxygen atoms in total. The van der Waals surface area contributed by atoms with E-state index in [4.69, 9.17) is 14.6 Å². The maximum Gasteiger partial charge on any atom is 0.328 e. The molecular formula is C27H31N3O5. The Morgan fingerprint density at radius 2 is 1.94 bits per heavy atom. The van der Waals surface area contributed by atoms with Crippen LogP contribution in [0.4, 0.5) is 0 Å². The molecule has 0 aliphatic carbocycles. The monoisotopic (exact) mass is 477 g/mol. The number of fused-ring (bicyclic) bond motifs is 1. The van der Waals surface area contributed by atoms with Gasteiger partial charge in [-0.25, -0.2) is 4.79 Å². The first-order valence-corrected chi connectivity index (χ1v) is 11.7. The van der Waals surface area contributed by atoms with Crippen LogP contribution >= 0.6 is 0 Å². The summed E-state index contributed by atoms with van der Waals surface area (Å²) in [5.74, 6) is 0.795. The zero-order valence-electron chi connectivity index (χ0n) is 20.5. The first-order chi connectivity index (χ1) is 16.7. The van der Waals surface area contributed by atoms with E-state index >= 15 is 0 Å². The van der Waals surface area contributed by atoms with Crippen molar-refractivity contribution in [1.82, 2.24) is 15.0 Å². The lowest BCUT2D eigenvalue weighted by Gasteiger charge is -2.38. The second kappa shape index (κ2) is 9.82. The van der Waals surface area contributed by atoms with Crippen molar-refractivity contribution in [3.8, 4) is 17.2 Å². The van der Waals surface area contributed by atoms with E-state index in [1.165, 1.54) is 6.08 Å². The number of benzene rings is 2. The molecule has 35 heavy (non-hydrogen) atoms. The molecule has 0 saturated carbocycles. The Labute approximate surface area is 204 Å². The number of hydrogen-bond acceptors (Lipinski definition) is 6. The minimum Gasteiger partial charge on any atom is -0.507 e. The number of carboxylic acid groups (broad SMARTS) is 1. The van der Waals surface area contributed by atoms with E-state index in [1.54, 1.807) is 17.2 Å². The number of phenolic OH excluding ortho intramolecular Hbond substituents is 1. The molecule has 1 aliphatic heterocycles. The van der Waals surface area contributed by atoms with Gasteiger partial charge in [0.05, 0.1) is 25.5 Å². The van der Waals surface area contributed by atoms with Gasteiger partial charge in [-0.3, -0.25) is 0 Å². The fourth-order valence-electron chi connectivity index (χ4n) is 4.44. The Kier molecular flexibility index (Phi) is 6.82. The zero-order chi connectivity index (χ0) is 25.2. The molecule has 0 saturated heterocycles. The molecule has 8 heteroatoms. The van der Waals surface area contributed by atoms with E-state index in [-0.39, 0.29) is 0 Å². The highest BCUT2D eigenvalue weighted by Crippen LogP contribution is 2.44. The number of aromatic hydroxyl groups is 1. The summed E-state index contributed by atoms with van der Waals surface area (Å²) in [5, 5.41) is 27.8. The number of hydrogen-bond donors (Lipinski definition) is 2. The van der Waals surface area contributed by atoms with Crippen LogP contribution in [-0.2, 0) is 17.8 Å². The highest BCUT2D eigenvalue weighted by molar-refractivity contribution is 5.85. The smallest absolute Gasteiger partial charge is 0.328 e. The van der Waals surface area contributed by atoms with Crippen LogP contribution in [0.3, 0.4) is 0 Å². The van der Waals surface area contributed by atoms with Crippen molar-refractivity contribution < 1.29 is 24.5 Å². The van der Waals surface area contributed by atoms with Crippen LogP contribution in [0.25, 0.3) is 6.08 Å². The summed E-state index contributed by atoms with van der Waals surface area (Å²) in [4.78, 5) is 12.6. The van der Waals surface area contributed by atoms with Gasteiger partial charge in [-0.05, 0) is 74.9 Å². The van der Waals surface area contributed by atoms with Crippen molar-refractivity contribution in [1.29, 1.82) is 0 Å². The van der Waals surface area contributed by atoms with E-state index in [0.29, 0.717) is 36.6 Å². The standard InChI is InChI=1S/C27H31N3O5/c1-17-18(2)26-22(19(3)25(17)33)9-10-27(4,35-26)11-14-34-23-15-20(16-30-28-12-13-29-30)5-6-21(23)7-8-24(31)32/h5-8,12-13,15,33H,9-11,14,16H2,1-4H3,(H,31,32)/b8-7+. The predicted molar refractivity (Wildman–Crippen MR) is 132 cm³/mol. The molecule has 1 unspecified atom stereocenters. The number of nitrogens with zero attached hydrogens (tertiary/aromatic N) is 3. The molecule has 0 amide bonds. The average Bonchev–Trinajstić information content (AvgIpc) is 3.33. The van der Waals surface area contributed by atoms with Crippen molar-refractivity contribution >= 4 is 12.0 Å². The van der Waals surface area contributed by atoms with Crippen LogP contribution in [0.2, 0.25) is 0 Å². The third-order valence-electron chi connectivity index (χ3n) is 6.76. The van der Waals surface area contributed by atoms with Crippen LogP contribution < -0.4 is 9.47 Å². The molecule has 4 rings (SSSR count). The first-order valence-electron chi connectivity index (χ1n) is 11.7. The molecule has 1 aromatic heterocycles. The Balaban J connectivity index is 1.50. The maximum absolute atomic E-state index is 11.0. The molecule has 2 N–H and O–H groups in total. The molecule has 0 radical (unpaired) electrons. The Morgan fingerprint density at radius 3 is 2.66 bits per heavy atom. The van der Waals surface area contributed by atoms with E-state index in [0.717, 1.165) is 52.5 Å². The van der Waals surface area contributed by atoms with Crippen LogP contribution in [0, 0.1) is 20.8 Å². The summed E-state index contributed by atoms with van der Waals surface area (Å²) >= 11 is 0. The lowest BCUT2D eigenvalue weighted by Crippen LogP contribution is -2.38. The number of phenols is 1. The molecule has 1 aliphatic rings. The van der Waals surface area contributed by atoms with Gasteiger partial charge in [-0.2, -0.15) is 15.0 Å². The molecule has 2 aromatic carbocycles. The molecule has 0 bridgehead atoms. The number of carbonyl (C=O) groups is 1. The summed E-state index contributed by atoms with van der Waals surface area (Å²) < 4.78 is 12.7. The van der Waals surface area contributed by atoms with Gasteiger partial charge in [0.25, 0.3) is 0 Å². The van der Waals surface area contributed by atoms with Crippen LogP contribution in [0.1, 0.15) is 53.1 Å². The van der Waals surface area contributed by atoms with E-state index in [2.05, 4.69) is 17.1 Å². The molecule has 0 fully saturated rings. The SMILES string of the molecule is Cc1c(C)c2c(c(C)c1O)CCC(C)(CCOc1cc(Cn3nccn3)ccc1/C=C/C(=O)O)O2. The van der Waals surface area contributed by atoms with Gasteiger partial charge in [0.2, 0.25) is 0 Å². The maximum atomic E-state index is 11.0. The fourth-order valence-corrected chi connectivity index (χ4v) is 4.44. The molecule has 2 heterocycles. The number of aromatic nitrogens is 3. The van der Waals surface area contributed by atoms with Gasteiger partial charge in [-0.1, -0.05) is 12.1 Å². The molecular weight excluding hydrogens is 446 g/mol.